The van der Waals surface area contributed by atoms with Gasteiger partial charge in [-0.25, -0.2) is 9.13 Å². The molecule has 25 heavy (non-hydrogen) atoms. The Morgan fingerprint density at radius 3 is 2.16 bits per heavy atom. The van der Waals surface area contributed by atoms with Crippen LogP contribution in [0.5, 0.6) is 0 Å². The predicted octanol–water partition coefficient (Wildman–Crippen LogP) is 0.802. The molecule has 0 radical (unpaired) electrons. The Kier molecular flexibility index (Phi) is 5.26. The van der Waals surface area contributed by atoms with Gasteiger partial charge in [0, 0.05) is 11.8 Å². The van der Waals surface area contributed by atoms with Gasteiger partial charge < -0.3 is 12.4 Å². The third-order valence-corrected chi connectivity index (χ3v) is 4.09. The highest BCUT2D eigenvalue weighted by atomic mass is 35.5. The molecule has 0 aliphatic heterocycles. The van der Waals surface area contributed by atoms with Crippen LogP contribution in [0.1, 0.15) is 17.3 Å². The smallest absolute Gasteiger partial charge is 0.249 e. The summed E-state index contributed by atoms with van der Waals surface area (Å²) in [7, 11) is 0. The minimum Gasteiger partial charge on any atom is -1.00 e. The number of hydrogen-bond donors (Lipinski definition) is 0. The molecule has 0 saturated heterocycles. The molecule has 0 spiro atoms. The highest BCUT2D eigenvalue weighted by molar-refractivity contribution is 5.30. The van der Waals surface area contributed by atoms with Crippen molar-refractivity contribution in [3.05, 3.63) is 115 Å². The fourth-order valence-electron chi connectivity index (χ4n) is 2.94. The predicted molar refractivity (Wildman–Crippen MR) is 93.9 cm³/mol. The zero-order chi connectivity index (χ0) is 16.2. The van der Waals surface area contributed by atoms with Gasteiger partial charge in [-0.05, 0) is 24.3 Å². The molecular formula is C21H18ClN3. The standard InChI is InChI=1S/C21H18N3.ClH/c1-3-9-18(10-4-1)21(20-13-7-8-14-22-20)24-16-15-23(17-24)19-11-5-2-6-12-19;/h1-17,21H;1H/q+1;/p-1. The number of benzene rings is 2. The Hall–Kier alpha value is -2.91. The third-order valence-electron chi connectivity index (χ3n) is 4.09. The lowest BCUT2D eigenvalue weighted by molar-refractivity contribution is -0.704. The molecule has 1 atom stereocenters. The van der Waals surface area contributed by atoms with Crippen LogP contribution in [0.3, 0.4) is 0 Å². The number of nitrogens with zero attached hydrogens (tertiary/aromatic N) is 3. The molecular weight excluding hydrogens is 330 g/mol. The Morgan fingerprint density at radius 2 is 1.48 bits per heavy atom. The van der Waals surface area contributed by atoms with Crippen LogP contribution in [0.25, 0.3) is 5.69 Å². The zero-order valence-electron chi connectivity index (χ0n) is 13.6. The molecule has 0 aliphatic rings. The number of imidazole rings is 1. The number of para-hydroxylation sites is 1. The van der Waals surface area contributed by atoms with Crippen molar-refractivity contribution in [3.63, 3.8) is 0 Å². The summed E-state index contributed by atoms with van der Waals surface area (Å²) in [6.07, 6.45) is 8.13. The highest BCUT2D eigenvalue weighted by Crippen LogP contribution is 2.20. The Morgan fingerprint density at radius 1 is 0.800 bits per heavy atom. The van der Waals surface area contributed by atoms with E-state index in [0.29, 0.717) is 0 Å². The zero-order valence-corrected chi connectivity index (χ0v) is 14.4. The lowest BCUT2D eigenvalue weighted by atomic mass is 10.0. The summed E-state index contributed by atoms with van der Waals surface area (Å²) in [5.74, 6) is 0. The topological polar surface area (TPSA) is 21.7 Å². The molecule has 0 amide bonds. The second-order valence-electron chi connectivity index (χ2n) is 5.67. The van der Waals surface area contributed by atoms with Crippen molar-refractivity contribution in [3.8, 4) is 5.69 Å². The molecule has 0 bridgehead atoms. The van der Waals surface area contributed by atoms with Crippen molar-refractivity contribution in [2.75, 3.05) is 0 Å². The molecule has 1 unspecified atom stereocenters. The molecule has 0 aliphatic carbocycles. The van der Waals surface area contributed by atoms with E-state index in [0.717, 1.165) is 11.4 Å². The molecule has 4 rings (SSSR count). The van der Waals surface area contributed by atoms with Gasteiger partial charge in [-0.3, -0.25) is 4.98 Å². The first kappa shape index (κ1) is 16.9. The third kappa shape index (κ3) is 3.62. The van der Waals surface area contributed by atoms with Gasteiger partial charge in [-0.15, -0.1) is 0 Å². The summed E-state index contributed by atoms with van der Waals surface area (Å²) < 4.78 is 4.32. The van der Waals surface area contributed by atoms with Gasteiger partial charge in [0.25, 0.3) is 0 Å². The van der Waals surface area contributed by atoms with Gasteiger partial charge >= 0.3 is 0 Å². The fraction of sp³-hybridized carbons (Fsp3) is 0.0476. The quantitative estimate of drug-likeness (QED) is 0.501. The van der Waals surface area contributed by atoms with Crippen molar-refractivity contribution >= 4 is 0 Å². The van der Waals surface area contributed by atoms with Crippen LogP contribution in [0, 0.1) is 0 Å². The van der Waals surface area contributed by atoms with Crippen LogP contribution >= 0.6 is 0 Å². The molecule has 2 aromatic carbocycles. The lowest BCUT2D eigenvalue weighted by Crippen LogP contribution is -3.00. The molecule has 124 valence electrons. The van der Waals surface area contributed by atoms with Crippen LogP contribution in [-0.4, -0.2) is 9.55 Å². The van der Waals surface area contributed by atoms with Crippen LogP contribution in [0.4, 0.5) is 0 Å². The second-order valence-corrected chi connectivity index (χ2v) is 5.67. The molecule has 2 heterocycles. The van der Waals surface area contributed by atoms with E-state index >= 15 is 0 Å². The van der Waals surface area contributed by atoms with Crippen LogP contribution < -0.4 is 17.0 Å². The minimum absolute atomic E-state index is 0. The normalized spacial score (nSPS) is 11.5. The van der Waals surface area contributed by atoms with E-state index in [9.17, 15) is 0 Å². The van der Waals surface area contributed by atoms with Crippen molar-refractivity contribution in [1.82, 2.24) is 9.55 Å². The van der Waals surface area contributed by atoms with Gasteiger partial charge in [0.15, 0.2) is 6.04 Å². The fourth-order valence-corrected chi connectivity index (χ4v) is 2.94. The van der Waals surface area contributed by atoms with Gasteiger partial charge in [-0.2, -0.15) is 0 Å². The maximum atomic E-state index is 4.58. The molecule has 0 saturated carbocycles. The highest BCUT2D eigenvalue weighted by Gasteiger charge is 2.22. The van der Waals surface area contributed by atoms with Crippen molar-refractivity contribution in [2.24, 2.45) is 0 Å². The van der Waals surface area contributed by atoms with Crippen molar-refractivity contribution < 1.29 is 17.0 Å². The molecule has 0 fully saturated rings. The number of aromatic nitrogens is 3. The number of hydrogen-bond acceptors (Lipinski definition) is 1. The summed E-state index contributed by atoms with van der Waals surface area (Å²) in [5, 5.41) is 0. The number of rotatable bonds is 4. The van der Waals surface area contributed by atoms with E-state index in [1.54, 1.807) is 0 Å². The first-order valence-corrected chi connectivity index (χ1v) is 8.02. The first-order valence-electron chi connectivity index (χ1n) is 8.02. The van der Waals surface area contributed by atoms with Gasteiger partial charge in [0.05, 0.1) is 5.69 Å². The van der Waals surface area contributed by atoms with Crippen molar-refractivity contribution in [1.29, 1.82) is 0 Å². The van der Waals surface area contributed by atoms with Gasteiger partial charge in [0.1, 0.15) is 18.1 Å². The van der Waals surface area contributed by atoms with E-state index < -0.39 is 0 Å². The van der Waals surface area contributed by atoms with Crippen LogP contribution in [-0.2, 0) is 0 Å². The molecule has 4 heteroatoms. The summed E-state index contributed by atoms with van der Waals surface area (Å²) in [5.41, 5.74) is 3.38. The first-order chi connectivity index (χ1) is 11.9. The average Bonchev–Trinajstić information content (AvgIpc) is 3.14. The minimum atomic E-state index is 0. The number of pyridine rings is 1. The monoisotopic (exact) mass is 347 g/mol. The maximum Gasteiger partial charge on any atom is 0.249 e. The summed E-state index contributed by atoms with van der Waals surface area (Å²) in [4.78, 5) is 4.58. The largest absolute Gasteiger partial charge is 1.00 e. The number of halogens is 1. The lowest BCUT2D eigenvalue weighted by Gasteiger charge is -2.13. The summed E-state index contributed by atoms with van der Waals surface area (Å²) in [6.45, 7) is 0. The van der Waals surface area contributed by atoms with E-state index in [1.165, 1.54) is 5.56 Å². The molecule has 0 N–H and O–H groups in total. The Balaban J connectivity index is 0.00000182. The Labute approximate surface area is 153 Å². The van der Waals surface area contributed by atoms with Crippen LogP contribution in [0.2, 0.25) is 0 Å². The maximum absolute atomic E-state index is 4.58. The SMILES string of the molecule is [Cl-].c1ccc(C(c2ccccn2)[n+]2ccn(-c3ccccc3)c2)cc1. The molecule has 2 aromatic heterocycles. The summed E-state index contributed by atoms with van der Waals surface area (Å²) in [6, 6.07) is 26.9. The van der Waals surface area contributed by atoms with Gasteiger partial charge in [-0.1, -0.05) is 54.6 Å². The van der Waals surface area contributed by atoms with Crippen LogP contribution in [0.15, 0.2) is 104 Å². The van der Waals surface area contributed by atoms with E-state index in [1.807, 2.05) is 42.6 Å². The average molecular weight is 348 g/mol. The van der Waals surface area contributed by atoms with E-state index in [-0.39, 0.29) is 18.4 Å². The molecule has 3 nitrogen and oxygen atoms in total. The molecule has 4 aromatic rings. The van der Waals surface area contributed by atoms with Crippen molar-refractivity contribution in [2.45, 2.75) is 6.04 Å². The Bertz CT molecular complexity index is 866. The van der Waals surface area contributed by atoms with E-state index in [2.05, 4.69) is 75.3 Å². The summed E-state index contributed by atoms with van der Waals surface area (Å²) >= 11 is 0. The van der Waals surface area contributed by atoms with E-state index in [4.69, 9.17) is 0 Å². The van der Waals surface area contributed by atoms with Gasteiger partial charge in [0.2, 0.25) is 6.33 Å². The second kappa shape index (κ2) is 7.77.